The predicted octanol–water partition coefficient (Wildman–Crippen LogP) is 3.08. The summed E-state index contributed by atoms with van der Waals surface area (Å²) in [5.41, 5.74) is 2.06. The number of nitrogens with one attached hydrogen (secondary N) is 1. The summed E-state index contributed by atoms with van der Waals surface area (Å²) >= 11 is 0. The lowest BCUT2D eigenvalue weighted by molar-refractivity contribution is 0.152. The number of piperidine rings is 1. The summed E-state index contributed by atoms with van der Waals surface area (Å²) in [5, 5.41) is 12.5. The summed E-state index contributed by atoms with van der Waals surface area (Å²) < 4.78 is 0. The van der Waals surface area contributed by atoms with Crippen LogP contribution in [0.5, 0.6) is 0 Å². The summed E-state index contributed by atoms with van der Waals surface area (Å²) in [6.45, 7) is 5.85. The highest BCUT2D eigenvalue weighted by atomic mass is 15.2. The highest BCUT2D eigenvalue weighted by molar-refractivity contribution is 5.34. The lowest BCUT2D eigenvalue weighted by atomic mass is 9.95. The second-order valence-electron chi connectivity index (χ2n) is 6.53. The Balaban J connectivity index is 1.71. The van der Waals surface area contributed by atoms with E-state index in [4.69, 9.17) is 5.26 Å². The van der Waals surface area contributed by atoms with Crippen molar-refractivity contribution in [3.63, 3.8) is 0 Å². The number of rotatable bonds is 5. The molecule has 1 aliphatic heterocycles. The fraction of sp³-hybridized carbons (Fsp3) is 0.611. The van der Waals surface area contributed by atoms with E-state index in [1.807, 2.05) is 12.1 Å². The lowest BCUT2D eigenvalue weighted by Crippen LogP contribution is -2.38. The Morgan fingerprint density at radius 2 is 2.05 bits per heavy atom. The third-order valence-corrected chi connectivity index (χ3v) is 4.94. The van der Waals surface area contributed by atoms with Crippen molar-refractivity contribution in [2.75, 3.05) is 19.6 Å². The Morgan fingerprint density at radius 3 is 2.71 bits per heavy atom. The van der Waals surface area contributed by atoms with Gasteiger partial charge in [-0.3, -0.25) is 4.90 Å². The monoisotopic (exact) mass is 283 g/mol. The fourth-order valence-electron chi connectivity index (χ4n) is 3.45. The number of benzene rings is 1. The highest BCUT2D eigenvalue weighted by Gasteiger charge is 2.34. The quantitative estimate of drug-likeness (QED) is 0.902. The van der Waals surface area contributed by atoms with Crippen molar-refractivity contribution in [1.29, 1.82) is 5.26 Å². The molecule has 21 heavy (non-hydrogen) atoms. The minimum atomic E-state index is 0.417. The normalized spacial score (nSPS) is 21.2. The van der Waals surface area contributed by atoms with Crippen LogP contribution in [0, 0.1) is 17.2 Å². The number of hydrogen-bond donors (Lipinski definition) is 1. The average molecular weight is 283 g/mol. The zero-order valence-electron chi connectivity index (χ0n) is 12.9. The maximum Gasteiger partial charge on any atom is 0.0991 e. The van der Waals surface area contributed by atoms with Crippen molar-refractivity contribution < 1.29 is 0 Å². The summed E-state index contributed by atoms with van der Waals surface area (Å²) in [6, 6.07) is 11.6. The molecule has 2 fully saturated rings. The number of hydrogen-bond acceptors (Lipinski definition) is 3. The first-order chi connectivity index (χ1) is 10.3. The molecule has 1 aliphatic carbocycles. The van der Waals surface area contributed by atoms with Gasteiger partial charge in [0.15, 0.2) is 0 Å². The standard InChI is InChI=1S/C18H25N3/c1-14(17-4-2-3-16(11-17)12-19)21(18-5-6-18)13-15-7-9-20-10-8-15/h2-4,11,14-15,18,20H,5-10,13H2,1H3. The molecule has 1 heterocycles. The van der Waals surface area contributed by atoms with Crippen molar-refractivity contribution in [2.45, 2.75) is 44.7 Å². The van der Waals surface area contributed by atoms with E-state index in [9.17, 15) is 0 Å². The topological polar surface area (TPSA) is 39.1 Å². The van der Waals surface area contributed by atoms with Crippen molar-refractivity contribution in [1.82, 2.24) is 10.2 Å². The molecule has 0 radical (unpaired) electrons. The minimum absolute atomic E-state index is 0.417. The summed E-state index contributed by atoms with van der Waals surface area (Å²) in [6.07, 6.45) is 5.28. The Labute approximate surface area is 128 Å². The van der Waals surface area contributed by atoms with Crippen molar-refractivity contribution in [2.24, 2.45) is 5.92 Å². The molecule has 1 saturated carbocycles. The van der Waals surface area contributed by atoms with Gasteiger partial charge in [0.2, 0.25) is 0 Å². The van der Waals surface area contributed by atoms with Crippen LogP contribution in [0.3, 0.4) is 0 Å². The smallest absolute Gasteiger partial charge is 0.0991 e. The van der Waals surface area contributed by atoms with E-state index in [0.29, 0.717) is 6.04 Å². The van der Waals surface area contributed by atoms with Crippen molar-refractivity contribution in [3.8, 4) is 6.07 Å². The second kappa shape index (κ2) is 6.60. The fourth-order valence-corrected chi connectivity index (χ4v) is 3.45. The molecule has 1 N–H and O–H groups in total. The van der Waals surface area contributed by atoms with E-state index < -0.39 is 0 Å². The molecule has 1 saturated heterocycles. The van der Waals surface area contributed by atoms with E-state index in [1.54, 1.807) is 0 Å². The van der Waals surface area contributed by atoms with Gasteiger partial charge >= 0.3 is 0 Å². The molecular formula is C18H25N3. The van der Waals surface area contributed by atoms with Gasteiger partial charge in [-0.2, -0.15) is 5.26 Å². The Bertz CT molecular complexity index is 509. The largest absolute Gasteiger partial charge is 0.317 e. The van der Waals surface area contributed by atoms with Crippen LogP contribution in [0.1, 0.15) is 49.8 Å². The molecule has 0 amide bonds. The van der Waals surface area contributed by atoms with E-state index in [1.165, 1.54) is 50.9 Å². The molecular weight excluding hydrogens is 258 g/mol. The Kier molecular flexibility index (Phi) is 4.57. The van der Waals surface area contributed by atoms with Crippen LogP contribution in [-0.4, -0.2) is 30.6 Å². The van der Waals surface area contributed by atoms with Crippen LogP contribution in [0.25, 0.3) is 0 Å². The molecule has 3 nitrogen and oxygen atoms in total. The van der Waals surface area contributed by atoms with Crippen LogP contribution < -0.4 is 5.32 Å². The molecule has 1 unspecified atom stereocenters. The van der Waals surface area contributed by atoms with Gasteiger partial charge in [-0.25, -0.2) is 0 Å². The predicted molar refractivity (Wildman–Crippen MR) is 84.9 cm³/mol. The number of nitriles is 1. The van der Waals surface area contributed by atoms with Crippen LogP contribution in [0.4, 0.5) is 0 Å². The van der Waals surface area contributed by atoms with Gasteiger partial charge in [0.1, 0.15) is 0 Å². The molecule has 2 aliphatic rings. The van der Waals surface area contributed by atoms with Gasteiger partial charge < -0.3 is 5.32 Å². The highest BCUT2D eigenvalue weighted by Crippen LogP contribution is 2.36. The van der Waals surface area contributed by atoms with Gasteiger partial charge in [0.05, 0.1) is 11.6 Å². The Morgan fingerprint density at radius 1 is 1.29 bits per heavy atom. The third-order valence-electron chi connectivity index (χ3n) is 4.94. The first kappa shape index (κ1) is 14.6. The summed E-state index contributed by atoms with van der Waals surface area (Å²) in [4.78, 5) is 2.69. The molecule has 1 atom stereocenters. The zero-order chi connectivity index (χ0) is 14.7. The molecule has 0 aromatic heterocycles. The maximum absolute atomic E-state index is 9.09. The van der Waals surface area contributed by atoms with Gasteiger partial charge in [0, 0.05) is 18.6 Å². The molecule has 3 rings (SSSR count). The van der Waals surface area contributed by atoms with Crippen LogP contribution in [0.2, 0.25) is 0 Å². The molecule has 0 spiro atoms. The second-order valence-corrected chi connectivity index (χ2v) is 6.53. The van der Waals surface area contributed by atoms with Gasteiger partial charge in [-0.15, -0.1) is 0 Å². The SMILES string of the molecule is CC(c1cccc(C#N)c1)N(CC1CCNCC1)C1CC1. The van der Waals surface area contributed by atoms with E-state index in [-0.39, 0.29) is 0 Å². The van der Waals surface area contributed by atoms with E-state index in [2.05, 4.69) is 35.3 Å². The first-order valence-electron chi connectivity index (χ1n) is 8.24. The first-order valence-corrected chi connectivity index (χ1v) is 8.24. The van der Waals surface area contributed by atoms with Crippen LogP contribution in [0.15, 0.2) is 24.3 Å². The zero-order valence-corrected chi connectivity index (χ0v) is 12.9. The van der Waals surface area contributed by atoms with Crippen LogP contribution >= 0.6 is 0 Å². The van der Waals surface area contributed by atoms with E-state index in [0.717, 1.165) is 17.5 Å². The average Bonchev–Trinajstić information content (AvgIpc) is 3.38. The summed E-state index contributed by atoms with van der Waals surface area (Å²) in [5.74, 6) is 0.827. The maximum atomic E-state index is 9.09. The van der Waals surface area contributed by atoms with Crippen molar-refractivity contribution in [3.05, 3.63) is 35.4 Å². The van der Waals surface area contributed by atoms with Crippen molar-refractivity contribution >= 4 is 0 Å². The number of nitrogens with zero attached hydrogens (tertiary/aromatic N) is 2. The van der Waals surface area contributed by atoms with Gasteiger partial charge in [-0.1, -0.05) is 12.1 Å². The van der Waals surface area contributed by atoms with E-state index >= 15 is 0 Å². The lowest BCUT2D eigenvalue weighted by Gasteiger charge is -2.34. The molecule has 3 heteroatoms. The Hall–Kier alpha value is -1.37. The molecule has 1 aromatic rings. The van der Waals surface area contributed by atoms with Gasteiger partial charge in [-0.05, 0) is 69.3 Å². The molecule has 1 aromatic carbocycles. The summed E-state index contributed by atoms with van der Waals surface area (Å²) in [7, 11) is 0. The van der Waals surface area contributed by atoms with Gasteiger partial charge in [0.25, 0.3) is 0 Å². The molecule has 112 valence electrons. The third kappa shape index (κ3) is 3.64. The van der Waals surface area contributed by atoms with Crippen LogP contribution in [-0.2, 0) is 0 Å². The molecule has 0 bridgehead atoms. The minimum Gasteiger partial charge on any atom is -0.317 e.